The second-order valence-corrected chi connectivity index (χ2v) is 9.35. The molecule has 2 nitrogen and oxygen atoms in total. The molecule has 0 bridgehead atoms. The maximum absolute atomic E-state index is 12.6. The number of hydrogen-bond donors (Lipinski definition) is 0. The fourth-order valence-electron chi connectivity index (χ4n) is 3.10. The Bertz CT molecular complexity index is 925. The van der Waals surface area contributed by atoms with Crippen LogP contribution in [-0.2, 0) is 4.79 Å². The van der Waals surface area contributed by atoms with Crippen molar-refractivity contribution in [2.45, 2.75) is 34.1 Å². The van der Waals surface area contributed by atoms with Crippen LogP contribution in [0.5, 0.6) is 5.75 Å². The van der Waals surface area contributed by atoms with Crippen LogP contribution in [0.15, 0.2) is 79.9 Å². The lowest BCUT2D eigenvalue weighted by Crippen LogP contribution is -2.26. The van der Waals surface area contributed by atoms with Crippen LogP contribution in [0.25, 0.3) is 16.7 Å². The monoisotopic (exact) mass is 434 g/mol. The van der Waals surface area contributed by atoms with E-state index in [1.54, 1.807) is 6.08 Å². The summed E-state index contributed by atoms with van der Waals surface area (Å²) in [5, 5.41) is 0.227. The van der Waals surface area contributed by atoms with Gasteiger partial charge in [0.1, 0.15) is 5.75 Å². The minimum Gasteiger partial charge on any atom is -0.491 e. The molecule has 0 saturated carbocycles. The molecule has 0 saturated heterocycles. The molecule has 2 aromatic rings. The quantitative estimate of drug-likeness (QED) is 0.266. The van der Waals surface area contributed by atoms with Gasteiger partial charge < -0.3 is 4.74 Å². The van der Waals surface area contributed by atoms with Gasteiger partial charge >= 0.3 is 0 Å². The molecule has 31 heavy (non-hydrogen) atoms. The predicted octanol–water partition coefficient (Wildman–Crippen LogP) is 7.82. The number of thioether (sulfide) groups is 1. The smallest absolute Gasteiger partial charge is 0.192 e. The van der Waals surface area contributed by atoms with E-state index in [0.717, 1.165) is 34.4 Å². The van der Waals surface area contributed by atoms with Crippen LogP contribution in [0.2, 0.25) is 0 Å². The average Bonchev–Trinajstić information content (AvgIpc) is 2.79. The van der Waals surface area contributed by atoms with Gasteiger partial charge in [0.05, 0.1) is 6.61 Å². The zero-order valence-electron chi connectivity index (χ0n) is 19.2. The van der Waals surface area contributed by atoms with Gasteiger partial charge in [-0.05, 0) is 16.6 Å². The van der Waals surface area contributed by atoms with Gasteiger partial charge in [-0.25, -0.2) is 0 Å². The zero-order valence-corrected chi connectivity index (χ0v) is 20.0. The summed E-state index contributed by atoms with van der Waals surface area (Å²) in [7, 11) is 0. The highest BCUT2D eigenvalue weighted by atomic mass is 32.2. The average molecular weight is 435 g/mol. The third-order valence-corrected chi connectivity index (χ3v) is 6.90. The molecule has 0 radical (unpaired) electrons. The van der Waals surface area contributed by atoms with Gasteiger partial charge in [0.25, 0.3) is 0 Å². The molecular formula is C28H34O2S. The van der Waals surface area contributed by atoms with E-state index in [2.05, 4.69) is 52.1 Å². The van der Waals surface area contributed by atoms with Crippen molar-refractivity contribution in [1.82, 2.24) is 0 Å². The Morgan fingerprint density at radius 2 is 1.87 bits per heavy atom. The van der Waals surface area contributed by atoms with Crippen LogP contribution < -0.4 is 4.74 Å². The van der Waals surface area contributed by atoms with Crippen LogP contribution in [0.1, 0.15) is 39.7 Å². The third kappa shape index (κ3) is 6.73. The molecule has 1 unspecified atom stereocenters. The molecule has 0 aliphatic heterocycles. The van der Waals surface area contributed by atoms with Crippen LogP contribution in [0, 0.1) is 11.3 Å². The summed E-state index contributed by atoms with van der Waals surface area (Å²) in [4.78, 5) is 12.6. The number of carbonyl (C=O) groups is 1. The highest BCUT2D eigenvalue weighted by Gasteiger charge is 2.29. The Kier molecular flexibility index (Phi) is 9.39. The van der Waals surface area contributed by atoms with Crippen molar-refractivity contribution in [2.75, 3.05) is 12.4 Å². The van der Waals surface area contributed by atoms with E-state index in [9.17, 15) is 4.79 Å². The van der Waals surface area contributed by atoms with Crippen molar-refractivity contribution in [3.8, 4) is 16.9 Å². The van der Waals surface area contributed by atoms with E-state index < -0.39 is 0 Å². The van der Waals surface area contributed by atoms with Crippen molar-refractivity contribution in [3.05, 3.63) is 85.5 Å². The largest absolute Gasteiger partial charge is 0.491 e. The number of rotatable bonds is 11. The topological polar surface area (TPSA) is 26.3 Å². The SMILES string of the molecule is C=C/C=C\C(=C)c1cccc(-c2ccccc2)c1OCCSC(=O)C(C)C(C)(C)CC. The highest BCUT2D eigenvalue weighted by Crippen LogP contribution is 2.37. The van der Waals surface area contributed by atoms with Crippen molar-refractivity contribution in [1.29, 1.82) is 0 Å². The van der Waals surface area contributed by atoms with Crippen LogP contribution in [0.4, 0.5) is 0 Å². The molecule has 0 fully saturated rings. The number of hydrogen-bond acceptors (Lipinski definition) is 3. The third-order valence-electron chi connectivity index (χ3n) is 5.89. The summed E-state index contributed by atoms with van der Waals surface area (Å²) in [5.41, 5.74) is 3.91. The van der Waals surface area contributed by atoms with Crippen molar-refractivity contribution in [2.24, 2.45) is 11.3 Å². The van der Waals surface area contributed by atoms with Gasteiger partial charge in [-0.3, -0.25) is 4.79 Å². The molecule has 0 aliphatic carbocycles. The number of benzene rings is 2. The number of allylic oxidation sites excluding steroid dienone is 4. The number of ether oxygens (including phenoxy) is 1. The zero-order chi connectivity index (χ0) is 22.9. The Morgan fingerprint density at radius 3 is 2.52 bits per heavy atom. The molecule has 0 heterocycles. The summed E-state index contributed by atoms with van der Waals surface area (Å²) < 4.78 is 6.27. The number of carbonyl (C=O) groups excluding carboxylic acids is 1. The Balaban J connectivity index is 2.20. The molecular weight excluding hydrogens is 400 g/mol. The van der Waals surface area contributed by atoms with E-state index in [0.29, 0.717) is 12.4 Å². The van der Waals surface area contributed by atoms with Gasteiger partial charge in [0, 0.05) is 22.8 Å². The molecule has 164 valence electrons. The van der Waals surface area contributed by atoms with Crippen molar-refractivity contribution < 1.29 is 9.53 Å². The lowest BCUT2D eigenvalue weighted by atomic mass is 9.78. The fourth-order valence-corrected chi connectivity index (χ4v) is 4.04. The highest BCUT2D eigenvalue weighted by molar-refractivity contribution is 8.13. The van der Waals surface area contributed by atoms with E-state index in [-0.39, 0.29) is 16.4 Å². The number of para-hydroxylation sites is 1. The molecule has 2 rings (SSSR count). The Hall–Kier alpha value is -2.52. The summed E-state index contributed by atoms with van der Waals surface area (Å²) in [5.74, 6) is 1.42. The van der Waals surface area contributed by atoms with Crippen LogP contribution in [0.3, 0.4) is 0 Å². The normalized spacial score (nSPS) is 12.5. The van der Waals surface area contributed by atoms with Crippen molar-refractivity contribution in [3.63, 3.8) is 0 Å². The van der Waals surface area contributed by atoms with E-state index in [4.69, 9.17) is 4.74 Å². The summed E-state index contributed by atoms with van der Waals surface area (Å²) >= 11 is 1.36. The fraction of sp³-hybridized carbons (Fsp3) is 0.321. The van der Waals surface area contributed by atoms with Gasteiger partial charge in [-0.1, -0.05) is 126 Å². The Morgan fingerprint density at radius 1 is 1.16 bits per heavy atom. The maximum Gasteiger partial charge on any atom is 0.192 e. The molecule has 0 amide bonds. The first kappa shape index (κ1) is 24.7. The minimum atomic E-state index is 0.00719. The maximum atomic E-state index is 12.6. The predicted molar refractivity (Wildman–Crippen MR) is 136 cm³/mol. The Labute approximate surface area is 192 Å². The second-order valence-electron chi connectivity index (χ2n) is 8.25. The minimum absolute atomic E-state index is 0.00719. The second kappa shape index (κ2) is 11.8. The summed E-state index contributed by atoms with van der Waals surface area (Å²) in [6.07, 6.45) is 6.50. The molecule has 1 atom stereocenters. The van der Waals surface area contributed by atoms with Gasteiger partial charge in [0.2, 0.25) is 0 Å². The van der Waals surface area contributed by atoms with E-state index in [1.807, 2.05) is 49.4 Å². The first-order valence-corrected chi connectivity index (χ1v) is 11.8. The molecule has 0 aromatic heterocycles. The van der Waals surface area contributed by atoms with Gasteiger partial charge in [-0.15, -0.1) is 0 Å². The standard InChI is InChI=1S/C28H34O2S/c1-7-9-14-21(3)24-17-13-18-25(23-15-11-10-12-16-23)26(24)30-19-20-31-27(29)22(4)28(5,6)8-2/h7,9-18,22H,1,3,8,19-20H2,2,4-6H3/b14-9-. The molecule has 0 spiro atoms. The first-order chi connectivity index (χ1) is 14.8. The molecule has 0 N–H and O–H groups in total. The van der Waals surface area contributed by atoms with Gasteiger partial charge in [0.15, 0.2) is 5.12 Å². The molecule has 0 aliphatic rings. The van der Waals surface area contributed by atoms with Crippen LogP contribution >= 0.6 is 11.8 Å². The van der Waals surface area contributed by atoms with Crippen molar-refractivity contribution >= 4 is 22.5 Å². The molecule has 2 aromatic carbocycles. The lowest BCUT2D eigenvalue weighted by molar-refractivity contribution is -0.117. The van der Waals surface area contributed by atoms with Gasteiger partial charge in [-0.2, -0.15) is 0 Å². The van der Waals surface area contributed by atoms with E-state index >= 15 is 0 Å². The lowest BCUT2D eigenvalue weighted by Gasteiger charge is -2.29. The first-order valence-electron chi connectivity index (χ1n) is 10.8. The molecule has 3 heteroatoms. The van der Waals surface area contributed by atoms with Crippen LogP contribution in [-0.4, -0.2) is 17.5 Å². The summed E-state index contributed by atoms with van der Waals surface area (Å²) in [6.45, 7) is 16.8. The summed E-state index contributed by atoms with van der Waals surface area (Å²) in [6, 6.07) is 16.3. The van der Waals surface area contributed by atoms with E-state index in [1.165, 1.54) is 11.8 Å².